The molecule has 4 aliphatic carbocycles. The lowest BCUT2D eigenvalue weighted by Gasteiger charge is -2.59. The molecule has 5 rings (SSSR count). The largest absolute Gasteiger partial charge is 0.294 e. The fourth-order valence-electron chi connectivity index (χ4n) is 7.85. The zero-order valence-electron chi connectivity index (χ0n) is 17.0. The van der Waals surface area contributed by atoms with Crippen molar-refractivity contribution >= 4 is 11.9 Å². The summed E-state index contributed by atoms with van der Waals surface area (Å²) in [7, 11) is 0. The van der Waals surface area contributed by atoms with Crippen LogP contribution >= 0.6 is 0 Å². The van der Waals surface area contributed by atoms with Crippen LogP contribution in [0.3, 0.4) is 0 Å². The van der Waals surface area contributed by atoms with E-state index in [1.807, 2.05) is 6.07 Å². The van der Waals surface area contributed by atoms with Crippen molar-refractivity contribution in [1.29, 1.82) is 0 Å². The highest BCUT2D eigenvalue weighted by atomic mass is 16.1. The van der Waals surface area contributed by atoms with Gasteiger partial charge in [-0.15, -0.1) is 0 Å². The Balaban J connectivity index is 1.47. The Morgan fingerprint density at radius 2 is 1.74 bits per heavy atom. The Labute approximate surface area is 164 Å². The number of hydrogen-bond donors (Lipinski definition) is 0. The number of hydrogen-bond acceptors (Lipinski definition) is 1. The fourth-order valence-corrected chi connectivity index (χ4v) is 7.85. The molecule has 27 heavy (non-hydrogen) atoms. The van der Waals surface area contributed by atoms with Gasteiger partial charge in [0, 0.05) is 5.41 Å². The second-order valence-electron chi connectivity index (χ2n) is 10.5. The number of ketones is 1. The molecule has 4 aliphatic rings. The third-order valence-corrected chi connectivity index (χ3v) is 9.36. The number of rotatable bonds is 1. The minimum absolute atomic E-state index is 0.0976. The molecule has 1 aromatic carbocycles. The highest BCUT2D eigenvalue weighted by Crippen LogP contribution is 2.66. The summed E-state index contributed by atoms with van der Waals surface area (Å²) in [6.07, 6.45) is 14.2. The first-order valence-electron chi connectivity index (χ1n) is 11.3. The molecule has 0 aliphatic heterocycles. The van der Waals surface area contributed by atoms with E-state index >= 15 is 0 Å². The molecule has 6 atom stereocenters. The van der Waals surface area contributed by atoms with Crippen molar-refractivity contribution in [2.45, 2.75) is 71.6 Å². The van der Waals surface area contributed by atoms with Crippen LogP contribution in [0.2, 0.25) is 0 Å². The van der Waals surface area contributed by atoms with Gasteiger partial charge in [-0.3, -0.25) is 4.79 Å². The van der Waals surface area contributed by atoms with Gasteiger partial charge in [0.15, 0.2) is 5.78 Å². The van der Waals surface area contributed by atoms with Crippen LogP contribution in [0.1, 0.15) is 77.2 Å². The van der Waals surface area contributed by atoms with Gasteiger partial charge in [-0.2, -0.15) is 0 Å². The number of benzene rings is 1. The van der Waals surface area contributed by atoms with E-state index in [0.29, 0.717) is 17.1 Å². The predicted molar refractivity (Wildman–Crippen MR) is 111 cm³/mol. The molecule has 0 bridgehead atoms. The lowest BCUT2D eigenvalue weighted by atomic mass is 9.45. The predicted octanol–water partition coefficient (Wildman–Crippen LogP) is 6.68. The van der Waals surface area contributed by atoms with Gasteiger partial charge < -0.3 is 0 Å². The van der Waals surface area contributed by atoms with Gasteiger partial charge in [-0.1, -0.05) is 57.0 Å². The molecule has 0 amide bonds. The lowest BCUT2D eigenvalue weighted by molar-refractivity contribution is -0.137. The van der Waals surface area contributed by atoms with Crippen LogP contribution < -0.4 is 0 Å². The first kappa shape index (κ1) is 17.7. The first-order chi connectivity index (χ1) is 13.0. The summed E-state index contributed by atoms with van der Waals surface area (Å²) in [5.41, 5.74) is 2.74. The van der Waals surface area contributed by atoms with Crippen LogP contribution in [0.5, 0.6) is 0 Å². The molecule has 0 aromatic heterocycles. The Morgan fingerprint density at radius 1 is 0.926 bits per heavy atom. The number of fused-ring (bicyclic) bond motifs is 5. The summed E-state index contributed by atoms with van der Waals surface area (Å²) in [6, 6.07) is 10.4. The highest BCUT2D eigenvalue weighted by Gasteiger charge is 2.60. The van der Waals surface area contributed by atoms with Crippen molar-refractivity contribution in [3.8, 4) is 0 Å². The summed E-state index contributed by atoms with van der Waals surface area (Å²) in [6.45, 7) is 4.92. The fraction of sp³-hybridized carbons (Fsp3) is 0.654. The third kappa shape index (κ3) is 2.60. The van der Waals surface area contributed by atoms with Gasteiger partial charge >= 0.3 is 0 Å². The molecule has 4 fully saturated rings. The molecule has 144 valence electrons. The average molecular weight is 363 g/mol. The van der Waals surface area contributed by atoms with Crippen LogP contribution in [-0.4, -0.2) is 5.78 Å². The summed E-state index contributed by atoms with van der Waals surface area (Å²) in [5, 5.41) is 0. The number of Topliss-reactive ketones (excluding diaryl/α,β-unsaturated/α-hetero) is 1. The van der Waals surface area contributed by atoms with Gasteiger partial charge in [0.1, 0.15) is 0 Å². The Hall–Kier alpha value is -1.37. The van der Waals surface area contributed by atoms with E-state index in [0.717, 1.165) is 36.2 Å². The molecule has 0 N–H and O–H groups in total. The Kier molecular flexibility index (Phi) is 4.15. The van der Waals surface area contributed by atoms with E-state index in [9.17, 15) is 4.79 Å². The summed E-state index contributed by atoms with van der Waals surface area (Å²) >= 11 is 0. The van der Waals surface area contributed by atoms with Crippen molar-refractivity contribution in [2.24, 2.45) is 34.5 Å². The Bertz CT molecular complexity index is 762. The minimum atomic E-state index is -0.0976. The molecule has 0 saturated heterocycles. The second-order valence-corrected chi connectivity index (χ2v) is 10.5. The average Bonchev–Trinajstić information content (AvgIpc) is 2.93. The molecule has 6 unspecified atom stereocenters. The molecule has 1 heteroatoms. The van der Waals surface area contributed by atoms with Gasteiger partial charge in [-0.05, 0) is 91.2 Å². The maximum absolute atomic E-state index is 13.4. The maximum atomic E-state index is 13.4. The quantitative estimate of drug-likeness (QED) is 0.509. The van der Waals surface area contributed by atoms with Crippen LogP contribution in [-0.2, 0) is 4.79 Å². The molecular formula is C26H34O. The second kappa shape index (κ2) is 6.33. The van der Waals surface area contributed by atoms with Gasteiger partial charge in [0.05, 0.1) is 0 Å². The van der Waals surface area contributed by atoms with Gasteiger partial charge in [0.25, 0.3) is 0 Å². The third-order valence-electron chi connectivity index (χ3n) is 9.36. The van der Waals surface area contributed by atoms with Crippen molar-refractivity contribution in [2.75, 3.05) is 0 Å². The molecule has 4 saturated carbocycles. The first-order valence-corrected chi connectivity index (χ1v) is 11.3. The molecule has 0 radical (unpaired) electrons. The van der Waals surface area contributed by atoms with Crippen molar-refractivity contribution in [3.63, 3.8) is 0 Å². The van der Waals surface area contributed by atoms with E-state index in [2.05, 4.69) is 44.2 Å². The minimum Gasteiger partial charge on any atom is -0.294 e. The van der Waals surface area contributed by atoms with Crippen molar-refractivity contribution < 1.29 is 4.79 Å². The van der Waals surface area contributed by atoms with E-state index < -0.39 is 0 Å². The molecule has 1 nitrogen and oxygen atoms in total. The van der Waals surface area contributed by atoms with Crippen molar-refractivity contribution in [3.05, 3.63) is 41.5 Å². The maximum Gasteiger partial charge on any atom is 0.165 e. The van der Waals surface area contributed by atoms with Crippen LogP contribution in [0, 0.1) is 34.5 Å². The van der Waals surface area contributed by atoms with E-state index in [4.69, 9.17) is 0 Å². The molecular weight excluding hydrogens is 328 g/mol. The lowest BCUT2D eigenvalue weighted by Crippen LogP contribution is -2.52. The topological polar surface area (TPSA) is 17.1 Å². The monoisotopic (exact) mass is 362 g/mol. The molecule has 0 spiro atoms. The summed E-state index contributed by atoms with van der Waals surface area (Å²) < 4.78 is 0. The smallest absolute Gasteiger partial charge is 0.165 e. The van der Waals surface area contributed by atoms with Gasteiger partial charge in [-0.25, -0.2) is 0 Å². The number of carbonyl (C=O) groups excluding carboxylic acids is 1. The molecule has 0 heterocycles. The standard InChI is InChI=1S/C26H34O/c1-25-14-7-6-10-20(25)11-12-21-22(25)13-15-26(2)23(21)17-19(24(26)27)16-18-8-4-3-5-9-18/h3-5,8-9,16,20-23H,6-7,10-15,17H2,1-2H3. The van der Waals surface area contributed by atoms with Crippen molar-refractivity contribution in [1.82, 2.24) is 0 Å². The van der Waals surface area contributed by atoms with Crippen LogP contribution in [0.25, 0.3) is 6.08 Å². The van der Waals surface area contributed by atoms with Crippen LogP contribution in [0.15, 0.2) is 35.9 Å². The zero-order valence-corrected chi connectivity index (χ0v) is 17.0. The summed E-state index contributed by atoms with van der Waals surface area (Å²) in [5.74, 6) is 3.63. The van der Waals surface area contributed by atoms with E-state index in [1.54, 1.807) is 0 Å². The summed E-state index contributed by atoms with van der Waals surface area (Å²) in [4.78, 5) is 13.4. The van der Waals surface area contributed by atoms with Gasteiger partial charge in [0.2, 0.25) is 0 Å². The Morgan fingerprint density at radius 3 is 2.56 bits per heavy atom. The highest BCUT2D eigenvalue weighted by molar-refractivity contribution is 6.05. The normalized spacial score (nSPS) is 45.3. The van der Waals surface area contributed by atoms with E-state index in [-0.39, 0.29) is 5.41 Å². The van der Waals surface area contributed by atoms with Crippen LogP contribution in [0.4, 0.5) is 0 Å². The number of allylic oxidation sites excluding steroid dienone is 1. The number of carbonyl (C=O) groups is 1. The zero-order chi connectivity index (χ0) is 18.6. The SMILES string of the molecule is CC12CCC3C(CCC4CCCCC43C)C1CC(=Cc1ccccc1)C2=O. The molecule has 1 aromatic rings. The van der Waals surface area contributed by atoms with E-state index in [1.165, 1.54) is 50.5 Å².